The lowest BCUT2D eigenvalue weighted by molar-refractivity contribution is -0.119. The van der Waals surface area contributed by atoms with Crippen molar-refractivity contribution in [3.63, 3.8) is 0 Å². The highest BCUT2D eigenvalue weighted by Crippen LogP contribution is 2.40. The normalized spacial score (nSPS) is 20.3. The lowest BCUT2D eigenvalue weighted by atomic mass is 9.95. The number of hydrogen-bond donors (Lipinski definition) is 2. The largest absolute Gasteiger partial charge is 0.369 e. The third kappa shape index (κ3) is 3.18. The summed E-state index contributed by atoms with van der Waals surface area (Å²) in [7, 11) is 0. The Morgan fingerprint density at radius 2 is 2.03 bits per heavy atom. The van der Waals surface area contributed by atoms with Crippen molar-refractivity contribution in [1.82, 2.24) is 29.5 Å². The van der Waals surface area contributed by atoms with Crippen molar-refractivity contribution in [2.24, 2.45) is 5.73 Å². The molecule has 0 aliphatic carbocycles. The number of anilines is 1. The number of pyridine rings is 2. The van der Waals surface area contributed by atoms with Crippen molar-refractivity contribution in [3.05, 3.63) is 53.5 Å². The Bertz CT molecular complexity index is 1510. The van der Waals surface area contributed by atoms with Gasteiger partial charge in [0.15, 0.2) is 5.65 Å². The molecule has 0 spiro atoms. The quantitative estimate of drug-likeness (QED) is 0.434. The zero-order valence-corrected chi connectivity index (χ0v) is 20.5. The molecule has 0 unspecified atom stereocenters. The van der Waals surface area contributed by atoms with Crippen LogP contribution >= 0.6 is 0 Å². The summed E-state index contributed by atoms with van der Waals surface area (Å²) in [5, 5.41) is 4.38. The third-order valence-electron chi connectivity index (χ3n) is 7.74. The monoisotopic (exact) mass is 470 g/mol. The van der Waals surface area contributed by atoms with E-state index in [1.54, 1.807) is 6.33 Å². The van der Waals surface area contributed by atoms with Crippen molar-refractivity contribution in [2.75, 3.05) is 24.5 Å². The van der Waals surface area contributed by atoms with Crippen LogP contribution in [0.25, 0.3) is 27.9 Å². The summed E-state index contributed by atoms with van der Waals surface area (Å²) in [6, 6.07) is 4.48. The van der Waals surface area contributed by atoms with Crippen LogP contribution in [0.3, 0.4) is 0 Å². The van der Waals surface area contributed by atoms with E-state index in [1.165, 1.54) is 11.1 Å². The Hall–Kier alpha value is -3.72. The number of nitrogens with two attached hydrogens (primary N) is 1. The minimum absolute atomic E-state index is 0.136. The molecule has 2 aliphatic heterocycles. The fourth-order valence-corrected chi connectivity index (χ4v) is 5.86. The van der Waals surface area contributed by atoms with Gasteiger partial charge in [-0.3, -0.25) is 9.69 Å². The van der Waals surface area contributed by atoms with Gasteiger partial charge in [0.2, 0.25) is 5.91 Å². The number of carbonyl (C=O) groups is 1. The van der Waals surface area contributed by atoms with Crippen molar-refractivity contribution in [2.45, 2.75) is 45.7 Å². The highest BCUT2D eigenvalue weighted by Gasteiger charge is 2.47. The number of nitrogens with one attached hydrogen (secondary N) is 1. The number of aromatic amines is 1. The maximum Gasteiger partial charge on any atom is 0.231 e. The van der Waals surface area contributed by atoms with E-state index >= 15 is 0 Å². The Morgan fingerprint density at radius 3 is 2.71 bits per heavy atom. The summed E-state index contributed by atoms with van der Waals surface area (Å²) in [5.41, 5.74) is 15.2. The van der Waals surface area contributed by atoms with Crippen molar-refractivity contribution >= 4 is 28.4 Å². The molecule has 2 fully saturated rings. The maximum absolute atomic E-state index is 11.5. The lowest BCUT2D eigenvalue weighted by Gasteiger charge is -2.33. The van der Waals surface area contributed by atoms with Crippen LogP contribution in [0.1, 0.15) is 36.5 Å². The average molecular weight is 471 g/mol. The molecule has 3 N–H and O–H groups in total. The summed E-state index contributed by atoms with van der Waals surface area (Å²) >= 11 is 0. The van der Waals surface area contributed by atoms with Gasteiger partial charge in [0, 0.05) is 30.4 Å². The molecule has 0 radical (unpaired) electrons. The molecule has 0 aromatic carbocycles. The molecule has 180 valence electrons. The van der Waals surface area contributed by atoms with E-state index in [1.807, 2.05) is 4.52 Å². The average Bonchev–Trinajstić information content (AvgIpc) is 3.56. The second-order valence-electron chi connectivity index (χ2n) is 10.1. The molecule has 0 saturated carbocycles. The molecule has 9 nitrogen and oxygen atoms in total. The summed E-state index contributed by atoms with van der Waals surface area (Å²) in [5.74, 6) is 0.910. The Kier molecular flexibility index (Phi) is 4.76. The van der Waals surface area contributed by atoms with E-state index in [-0.39, 0.29) is 30.5 Å². The van der Waals surface area contributed by atoms with Gasteiger partial charge in [-0.25, -0.2) is 14.5 Å². The van der Waals surface area contributed by atoms with Gasteiger partial charge in [0.25, 0.3) is 0 Å². The van der Waals surface area contributed by atoms with Crippen LogP contribution in [-0.4, -0.2) is 67.1 Å². The predicted molar refractivity (Wildman–Crippen MR) is 136 cm³/mol. The molecule has 2 saturated heterocycles. The van der Waals surface area contributed by atoms with E-state index in [0.717, 1.165) is 58.0 Å². The Balaban J connectivity index is 1.44. The number of H-pyrrole nitrogens is 1. The standard InChI is InChI=1S/C26H30N8O/c1-13(2)23-24(17-8-34-26(28-12-29-34)15(4)14(17)3)30-18-6-7-22(31-25(18)23)33-10-19-16(5)20(33)9-32(19)11-21(27)35/h6-8,12-13,19-20,30H,5,9-11H2,1-4H3,(H2,27,35)/t19-,20-/m0/s1. The minimum atomic E-state index is -0.299. The van der Waals surface area contributed by atoms with Crippen molar-refractivity contribution in [3.8, 4) is 11.3 Å². The molecule has 2 atom stereocenters. The SMILES string of the molecule is C=C1[C@@H]2CN(c3ccc4[nH]c(-c5cn6ncnc6c(C)c5C)c(C(C)C)c4n3)[C@H]1CN2CC(N)=O. The first-order valence-electron chi connectivity index (χ1n) is 12.0. The van der Waals surface area contributed by atoms with Crippen LogP contribution in [0.15, 0.2) is 36.8 Å². The fraction of sp³-hybridized carbons (Fsp3) is 0.385. The number of hydrogen-bond acceptors (Lipinski definition) is 6. The predicted octanol–water partition coefficient (Wildman–Crippen LogP) is 2.93. The van der Waals surface area contributed by atoms with Crippen LogP contribution in [0.4, 0.5) is 5.82 Å². The van der Waals surface area contributed by atoms with Gasteiger partial charge in [-0.2, -0.15) is 5.10 Å². The zero-order valence-electron chi connectivity index (χ0n) is 20.5. The van der Waals surface area contributed by atoms with Gasteiger partial charge in [-0.1, -0.05) is 20.4 Å². The number of aromatic nitrogens is 5. The molecule has 2 aliphatic rings. The van der Waals surface area contributed by atoms with Gasteiger partial charge in [-0.15, -0.1) is 0 Å². The van der Waals surface area contributed by atoms with Gasteiger partial charge in [0.05, 0.1) is 35.4 Å². The first-order valence-corrected chi connectivity index (χ1v) is 12.0. The van der Waals surface area contributed by atoms with Gasteiger partial charge in [-0.05, 0) is 48.6 Å². The number of carbonyl (C=O) groups excluding carboxylic acids is 1. The zero-order chi connectivity index (χ0) is 24.6. The number of fused-ring (bicyclic) bond motifs is 4. The molecule has 1 amide bonds. The van der Waals surface area contributed by atoms with Crippen LogP contribution in [0.2, 0.25) is 0 Å². The minimum Gasteiger partial charge on any atom is -0.369 e. The van der Waals surface area contributed by atoms with Crippen molar-refractivity contribution < 1.29 is 4.79 Å². The number of amides is 1. The van der Waals surface area contributed by atoms with E-state index in [0.29, 0.717) is 0 Å². The molecular weight excluding hydrogens is 440 g/mol. The highest BCUT2D eigenvalue weighted by molar-refractivity contribution is 5.90. The number of piperazine rings is 1. The first-order chi connectivity index (χ1) is 16.7. The summed E-state index contributed by atoms with van der Waals surface area (Å²) in [6.45, 7) is 14.7. The van der Waals surface area contributed by atoms with E-state index in [2.05, 4.69) is 77.5 Å². The van der Waals surface area contributed by atoms with E-state index < -0.39 is 0 Å². The van der Waals surface area contributed by atoms with E-state index in [9.17, 15) is 4.79 Å². The number of aryl methyl sites for hydroxylation is 1. The Morgan fingerprint density at radius 1 is 1.23 bits per heavy atom. The van der Waals surface area contributed by atoms with Crippen LogP contribution < -0.4 is 10.6 Å². The fourth-order valence-electron chi connectivity index (χ4n) is 5.86. The molecule has 4 aromatic rings. The van der Waals surface area contributed by atoms with Crippen LogP contribution in [0, 0.1) is 13.8 Å². The molecule has 6 rings (SSSR count). The van der Waals surface area contributed by atoms with Gasteiger partial charge in [0.1, 0.15) is 12.1 Å². The topological polar surface area (TPSA) is 108 Å². The highest BCUT2D eigenvalue weighted by atomic mass is 16.1. The van der Waals surface area contributed by atoms with Crippen LogP contribution in [-0.2, 0) is 4.79 Å². The maximum atomic E-state index is 11.5. The number of nitrogens with zero attached hydrogens (tertiary/aromatic N) is 6. The van der Waals surface area contributed by atoms with Crippen LogP contribution in [0.5, 0.6) is 0 Å². The van der Waals surface area contributed by atoms with Gasteiger partial charge >= 0.3 is 0 Å². The molecule has 9 heteroatoms. The molecular formula is C26H30N8O. The number of primary amides is 1. The molecule has 35 heavy (non-hydrogen) atoms. The number of likely N-dealkylation sites (tertiary alicyclic amines) is 1. The smallest absolute Gasteiger partial charge is 0.231 e. The molecule has 6 heterocycles. The second kappa shape index (κ2) is 7.64. The summed E-state index contributed by atoms with van der Waals surface area (Å²) in [6.07, 6.45) is 3.65. The summed E-state index contributed by atoms with van der Waals surface area (Å²) < 4.78 is 1.84. The molecule has 2 bridgehead atoms. The van der Waals surface area contributed by atoms with E-state index in [4.69, 9.17) is 10.7 Å². The van der Waals surface area contributed by atoms with Gasteiger partial charge < -0.3 is 15.6 Å². The Labute approximate surface area is 203 Å². The molecule has 4 aromatic heterocycles. The lowest BCUT2D eigenvalue weighted by Crippen LogP contribution is -2.49. The third-order valence-corrected chi connectivity index (χ3v) is 7.74. The van der Waals surface area contributed by atoms with Crippen molar-refractivity contribution in [1.29, 1.82) is 0 Å². The first kappa shape index (κ1) is 21.8. The summed E-state index contributed by atoms with van der Waals surface area (Å²) in [4.78, 5) is 29.2. The second-order valence-corrected chi connectivity index (χ2v) is 10.1. The number of rotatable bonds is 5.